The molecule has 6 heteroatoms. The van der Waals surface area contributed by atoms with E-state index in [1.807, 2.05) is 62.4 Å². The molecule has 1 aromatic heterocycles. The molecule has 1 heterocycles. The van der Waals surface area contributed by atoms with Gasteiger partial charge < -0.3 is 5.32 Å². The second-order valence-electron chi connectivity index (χ2n) is 5.80. The second-order valence-corrected chi connectivity index (χ2v) is 5.80. The van der Waals surface area contributed by atoms with Crippen LogP contribution in [0.3, 0.4) is 0 Å². The smallest absolute Gasteiger partial charge is 0.235 e. The number of aryl methyl sites for hydroxylation is 2. The van der Waals surface area contributed by atoms with Crippen LogP contribution in [0.2, 0.25) is 0 Å². The molecule has 1 atom stereocenters. The largest absolute Gasteiger partial charge is 0.325 e. The Morgan fingerprint density at radius 1 is 1.12 bits per heavy atom. The molecular formula is C18H19N5O. The van der Waals surface area contributed by atoms with E-state index in [0.717, 1.165) is 16.8 Å². The van der Waals surface area contributed by atoms with Crippen LogP contribution in [0, 0.1) is 13.8 Å². The number of hydrogen-bond acceptors (Lipinski definition) is 4. The third-order valence-electron chi connectivity index (χ3n) is 4.05. The average Bonchev–Trinajstić information content (AvgIpc) is 3.11. The third kappa shape index (κ3) is 3.65. The molecule has 6 nitrogen and oxygen atoms in total. The second kappa shape index (κ2) is 7.04. The molecule has 2 aromatic carbocycles. The number of nitrogens with zero attached hydrogens (tertiary/aromatic N) is 3. The Kier molecular flexibility index (Phi) is 4.65. The van der Waals surface area contributed by atoms with E-state index >= 15 is 0 Å². The molecule has 0 saturated heterocycles. The molecule has 1 amide bonds. The highest BCUT2D eigenvalue weighted by Gasteiger charge is 2.25. The van der Waals surface area contributed by atoms with Gasteiger partial charge in [-0.3, -0.25) is 4.79 Å². The van der Waals surface area contributed by atoms with Gasteiger partial charge >= 0.3 is 0 Å². The van der Waals surface area contributed by atoms with Gasteiger partial charge in [-0.25, -0.2) is 0 Å². The van der Waals surface area contributed by atoms with Crippen LogP contribution in [0.25, 0.3) is 0 Å². The van der Waals surface area contributed by atoms with Crippen molar-refractivity contribution in [2.45, 2.75) is 26.2 Å². The lowest BCUT2D eigenvalue weighted by Gasteiger charge is -2.14. The van der Waals surface area contributed by atoms with Crippen LogP contribution in [0.4, 0.5) is 5.69 Å². The van der Waals surface area contributed by atoms with Crippen molar-refractivity contribution in [3.8, 4) is 0 Å². The summed E-state index contributed by atoms with van der Waals surface area (Å²) in [6.45, 7) is 4.06. The molecule has 3 rings (SSSR count). The number of hydrogen-bond donors (Lipinski definition) is 2. The fraction of sp³-hybridized carbons (Fsp3) is 0.222. The van der Waals surface area contributed by atoms with Crippen molar-refractivity contribution < 1.29 is 4.79 Å². The zero-order valence-electron chi connectivity index (χ0n) is 13.7. The number of benzene rings is 2. The van der Waals surface area contributed by atoms with Gasteiger partial charge in [-0.2, -0.15) is 5.21 Å². The summed E-state index contributed by atoms with van der Waals surface area (Å²) in [7, 11) is 0. The molecule has 0 aliphatic carbocycles. The summed E-state index contributed by atoms with van der Waals surface area (Å²) < 4.78 is 0. The van der Waals surface area contributed by atoms with E-state index < -0.39 is 5.92 Å². The van der Waals surface area contributed by atoms with Gasteiger partial charge in [0.25, 0.3) is 0 Å². The standard InChI is InChI=1S/C18H19N5O/c1-12-8-9-15(10-13(12)2)19-18(24)16(17-20-22-23-21-17)11-14-6-4-3-5-7-14/h3-10,16H,11H2,1-2H3,(H,19,24)(H,20,21,22,23)/t16-/m1/s1. The maximum absolute atomic E-state index is 12.8. The summed E-state index contributed by atoms with van der Waals surface area (Å²) in [5.74, 6) is -0.267. The first-order chi connectivity index (χ1) is 11.6. The highest BCUT2D eigenvalue weighted by Crippen LogP contribution is 2.21. The molecule has 24 heavy (non-hydrogen) atoms. The fourth-order valence-electron chi connectivity index (χ4n) is 2.52. The summed E-state index contributed by atoms with van der Waals surface area (Å²) in [6.07, 6.45) is 0.511. The summed E-state index contributed by atoms with van der Waals surface area (Å²) >= 11 is 0. The number of carbonyl (C=O) groups excluding carboxylic acids is 1. The molecular weight excluding hydrogens is 302 g/mol. The van der Waals surface area contributed by atoms with Crippen LogP contribution in [0.5, 0.6) is 0 Å². The minimum Gasteiger partial charge on any atom is -0.325 e. The number of rotatable bonds is 5. The molecule has 0 saturated carbocycles. The highest BCUT2D eigenvalue weighted by atomic mass is 16.1. The Balaban J connectivity index is 1.82. The van der Waals surface area contributed by atoms with Crippen LogP contribution >= 0.6 is 0 Å². The summed E-state index contributed by atoms with van der Waals surface area (Å²) in [4.78, 5) is 12.8. The van der Waals surface area contributed by atoms with E-state index in [-0.39, 0.29) is 5.91 Å². The van der Waals surface area contributed by atoms with E-state index in [1.165, 1.54) is 5.56 Å². The van der Waals surface area contributed by atoms with Crippen LogP contribution < -0.4 is 5.32 Å². The van der Waals surface area contributed by atoms with Crippen LogP contribution in [0.15, 0.2) is 48.5 Å². The number of amides is 1. The van der Waals surface area contributed by atoms with Crippen LogP contribution in [0.1, 0.15) is 28.4 Å². The van der Waals surface area contributed by atoms with E-state index in [0.29, 0.717) is 12.2 Å². The Morgan fingerprint density at radius 3 is 2.58 bits per heavy atom. The number of tetrazole rings is 1. The Labute approximate surface area is 140 Å². The maximum atomic E-state index is 12.8. The Hall–Kier alpha value is -3.02. The van der Waals surface area contributed by atoms with Crippen molar-refractivity contribution in [3.63, 3.8) is 0 Å². The monoisotopic (exact) mass is 321 g/mol. The molecule has 0 spiro atoms. The van der Waals surface area contributed by atoms with Crippen molar-refractivity contribution in [1.29, 1.82) is 0 Å². The lowest BCUT2D eigenvalue weighted by atomic mass is 9.97. The molecule has 0 aliphatic rings. The van der Waals surface area contributed by atoms with Gasteiger partial charge in [0.2, 0.25) is 5.91 Å². The lowest BCUT2D eigenvalue weighted by Crippen LogP contribution is -2.24. The van der Waals surface area contributed by atoms with Gasteiger partial charge in [-0.05, 0) is 49.1 Å². The first-order valence-corrected chi connectivity index (χ1v) is 7.79. The molecule has 0 aliphatic heterocycles. The fourth-order valence-corrected chi connectivity index (χ4v) is 2.52. The van der Waals surface area contributed by atoms with Crippen molar-refractivity contribution in [3.05, 3.63) is 71.0 Å². The first kappa shape index (κ1) is 15.9. The quantitative estimate of drug-likeness (QED) is 0.757. The number of carbonyl (C=O) groups is 1. The van der Waals surface area contributed by atoms with Crippen molar-refractivity contribution in [2.24, 2.45) is 0 Å². The van der Waals surface area contributed by atoms with Gasteiger partial charge in [-0.1, -0.05) is 41.6 Å². The number of aromatic amines is 1. The predicted octanol–water partition coefficient (Wildman–Crippen LogP) is 2.78. The van der Waals surface area contributed by atoms with Crippen molar-refractivity contribution in [2.75, 3.05) is 5.32 Å². The van der Waals surface area contributed by atoms with Crippen LogP contribution in [-0.2, 0) is 11.2 Å². The molecule has 2 N–H and O–H groups in total. The van der Waals surface area contributed by atoms with Gasteiger partial charge in [0.05, 0.1) is 0 Å². The molecule has 122 valence electrons. The van der Waals surface area contributed by atoms with Crippen LogP contribution in [-0.4, -0.2) is 26.5 Å². The lowest BCUT2D eigenvalue weighted by molar-refractivity contribution is -0.117. The Bertz CT molecular complexity index is 815. The predicted molar refractivity (Wildman–Crippen MR) is 91.6 cm³/mol. The minimum absolute atomic E-state index is 0.150. The van der Waals surface area contributed by atoms with E-state index in [9.17, 15) is 4.79 Å². The number of anilines is 1. The zero-order chi connectivity index (χ0) is 16.9. The summed E-state index contributed by atoms with van der Waals surface area (Å²) in [5.41, 5.74) is 4.13. The minimum atomic E-state index is -0.507. The topological polar surface area (TPSA) is 83.6 Å². The number of nitrogens with one attached hydrogen (secondary N) is 2. The van der Waals surface area contributed by atoms with Gasteiger partial charge in [0.15, 0.2) is 5.82 Å². The van der Waals surface area contributed by atoms with Gasteiger partial charge in [0.1, 0.15) is 5.92 Å². The molecule has 3 aromatic rings. The number of aromatic nitrogens is 4. The van der Waals surface area contributed by atoms with E-state index in [4.69, 9.17) is 0 Å². The van der Waals surface area contributed by atoms with E-state index in [2.05, 4.69) is 25.9 Å². The average molecular weight is 321 g/mol. The normalized spacial score (nSPS) is 11.9. The first-order valence-electron chi connectivity index (χ1n) is 7.79. The van der Waals surface area contributed by atoms with E-state index in [1.54, 1.807) is 0 Å². The molecule has 0 fully saturated rings. The maximum Gasteiger partial charge on any atom is 0.235 e. The summed E-state index contributed by atoms with van der Waals surface area (Å²) in [5, 5.41) is 17.0. The highest BCUT2D eigenvalue weighted by molar-refractivity contribution is 5.95. The molecule has 0 bridgehead atoms. The summed E-state index contributed by atoms with van der Waals surface area (Å²) in [6, 6.07) is 15.7. The van der Waals surface area contributed by atoms with Gasteiger partial charge in [0, 0.05) is 5.69 Å². The van der Waals surface area contributed by atoms with Gasteiger partial charge in [-0.15, -0.1) is 10.2 Å². The Morgan fingerprint density at radius 2 is 1.92 bits per heavy atom. The van der Waals surface area contributed by atoms with Crippen molar-refractivity contribution >= 4 is 11.6 Å². The molecule has 0 unspecified atom stereocenters. The third-order valence-corrected chi connectivity index (χ3v) is 4.05. The van der Waals surface area contributed by atoms with Crippen molar-refractivity contribution in [1.82, 2.24) is 20.6 Å². The SMILES string of the molecule is Cc1ccc(NC(=O)[C@H](Cc2ccccc2)c2nn[nH]n2)cc1C. The number of H-pyrrole nitrogens is 1. The zero-order valence-corrected chi connectivity index (χ0v) is 13.7. The molecule has 0 radical (unpaired) electrons.